The van der Waals surface area contributed by atoms with Crippen molar-refractivity contribution in [2.24, 2.45) is 0 Å². The van der Waals surface area contributed by atoms with Gasteiger partial charge in [0.25, 0.3) is 0 Å². The minimum atomic E-state index is 0.0927. The molecule has 0 spiro atoms. The summed E-state index contributed by atoms with van der Waals surface area (Å²) in [6.07, 6.45) is 5.21. The van der Waals surface area contributed by atoms with Crippen molar-refractivity contribution in [3.8, 4) is 0 Å². The molecule has 2 aliphatic rings. The van der Waals surface area contributed by atoms with Crippen molar-refractivity contribution in [1.29, 1.82) is 0 Å². The summed E-state index contributed by atoms with van der Waals surface area (Å²) in [7, 11) is 0. The van der Waals surface area contributed by atoms with Gasteiger partial charge in [0.15, 0.2) is 0 Å². The van der Waals surface area contributed by atoms with Gasteiger partial charge in [-0.05, 0) is 39.5 Å². The van der Waals surface area contributed by atoms with Crippen LogP contribution in [0.1, 0.15) is 39.5 Å². The van der Waals surface area contributed by atoms with E-state index in [0.717, 1.165) is 19.8 Å². The molecule has 2 saturated heterocycles. The van der Waals surface area contributed by atoms with Crippen LogP contribution in [0.4, 0.5) is 0 Å². The molecule has 2 unspecified atom stereocenters. The van der Waals surface area contributed by atoms with Gasteiger partial charge in [0, 0.05) is 19.2 Å². The van der Waals surface area contributed by atoms with Crippen molar-refractivity contribution in [3.05, 3.63) is 0 Å². The zero-order valence-corrected chi connectivity index (χ0v) is 9.92. The lowest BCUT2D eigenvalue weighted by Gasteiger charge is -2.25. The van der Waals surface area contributed by atoms with Crippen molar-refractivity contribution < 1.29 is 9.47 Å². The maximum absolute atomic E-state index is 5.94. The molecule has 0 amide bonds. The summed E-state index contributed by atoms with van der Waals surface area (Å²) in [6.45, 7) is 7.14. The quantitative estimate of drug-likeness (QED) is 0.774. The summed E-state index contributed by atoms with van der Waals surface area (Å²) >= 11 is 0. The van der Waals surface area contributed by atoms with Crippen LogP contribution in [0.3, 0.4) is 0 Å². The molecule has 15 heavy (non-hydrogen) atoms. The van der Waals surface area contributed by atoms with Gasteiger partial charge < -0.3 is 14.8 Å². The van der Waals surface area contributed by atoms with Gasteiger partial charge in [-0.2, -0.15) is 0 Å². The molecule has 0 bridgehead atoms. The highest BCUT2D eigenvalue weighted by Crippen LogP contribution is 2.28. The number of hydrogen-bond donors (Lipinski definition) is 1. The first-order valence-electron chi connectivity index (χ1n) is 6.15. The van der Waals surface area contributed by atoms with Crippen LogP contribution in [0.25, 0.3) is 0 Å². The predicted molar refractivity (Wildman–Crippen MR) is 60.0 cm³/mol. The van der Waals surface area contributed by atoms with E-state index in [2.05, 4.69) is 19.2 Å². The van der Waals surface area contributed by atoms with E-state index in [1.807, 2.05) is 0 Å². The summed E-state index contributed by atoms with van der Waals surface area (Å²) in [6, 6.07) is 0.547. The maximum atomic E-state index is 5.94. The number of ether oxygens (including phenoxy) is 2. The highest BCUT2D eigenvalue weighted by atomic mass is 16.5. The summed E-state index contributed by atoms with van der Waals surface area (Å²) in [5.41, 5.74) is 0.0927. The number of rotatable bonds is 3. The Morgan fingerprint density at radius 3 is 2.80 bits per heavy atom. The predicted octanol–water partition coefficient (Wildman–Crippen LogP) is 1.71. The van der Waals surface area contributed by atoms with E-state index in [1.165, 1.54) is 25.7 Å². The smallest absolute Gasteiger partial charge is 0.0707 e. The van der Waals surface area contributed by atoms with E-state index < -0.39 is 0 Å². The Bertz CT molecular complexity index is 200. The third kappa shape index (κ3) is 3.44. The number of nitrogens with one attached hydrogen (secondary N) is 1. The fraction of sp³-hybridized carbons (Fsp3) is 1.00. The lowest BCUT2D eigenvalue weighted by molar-refractivity contribution is -0.0181. The number of hydrogen-bond acceptors (Lipinski definition) is 3. The SMILES string of the molecule is CC1(C)CCC(CNC2CCCOC2)O1. The standard InChI is InChI=1S/C12H23NO2/c1-12(2)6-5-11(15-12)8-13-10-4-3-7-14-9-10/h10-11,13H,3-9H2,1-2H3. The van der Waals surface area contributed by atoms with Gasteiger partial charge in [-0.15, -0.1) is 0 Å². The van der Waals surface area contributed by atoms with Crippen molar-refractivity contribution in [2.45, 2.75) is 57.3 Å². The Labute approximate surface area is 92.5 Å². The zero-order valence-electron chi connectivity index (χ0n) is 9.92. The average molecular weight is 213 g/mol. The van der Waals surface area contributed by atoms with Crippen LogP contribution in [-0.4, -0.2) is 37.5 Å². The van der Waals surface area contributed by atoms with Gasteiger partial charge >= 0.3 is 0 Å². The lowest BCUT2D eigenvalue weighted by atomic mass is 10.1. The summed E-state index contributed by atoms with van der Waals surface area (Å²) < 4.78 is 11.4. The molecule has 3 heteroatoms. The molecule has 0 aromatic heterocycles. The summed E-state index contributed by atoms with van der Waals surface area (Å²) in [5, 5.41) is 3.55. The van der Waals surface area contributed by atoms with E-state index in [-0.39, 0.29) is 5.60 Å². The van der Waals surface area contributed by atoms with Crippen LogP contribution in [0.15, 0.2) is 0 Å². The minimum absolute atomic E-state index is 0.0927. The molecule has 88 valence electrons. The zero-order chi connectivity index (χ0) is 10.7. The highest BCUT2D eigenvalue weighted by molar-refractivity contribution is 4.83. The van der Waals surface area contributed by atoms with Crippen molar-refractivity contribution >= 4 is 0 Å². The Kier molecular flexibility index (Phi) is 3.65. The third-order valence-electron chi connectivity index (χ3n) is 3.35. The molecule has 1 N–H and O–H groups in total. The van der Waals surface area contributed by atoms with Crippen LogP contribution < -0.4 is 5.32 Å². The second kappa shape index (κ2) is 4.81. The third-order valence-corrected chi connectivity index (χ3v) is 3.35. The Balaban J connectivity index is 1.65. The van der Waals surface area contributed by atoms with E-state index in [1.54, 1.807) is 0 Å². The topological polar surface area (TPSA) is 30.5 Å². The monoisotopic (exact) mass is 213 g/mol. The molecule has 0 radical (unpaired) electrons. The molecule has 0 aromatic carbocycles. The van der Waals surface area contributed by atoms with E-state index in [9.17, 15) is 0 Å². The lowest BCUT2D eigenvalue weighted by Crippen LogP contribution is -2.41. The molecule has 2 aliphatic heterocycles. The molecule has 2 fully saturated rings. The Morgan fingerprint density at radius 2 is 2.20 bits per heavy atom. The van der Waals surface area contributed by atoms with E-state index >= 15 is 0 Å². The molecule has 0 aromatic rings. The molecule has 0 aliphatic carbocycles. The van der Waals surface area contributed by atoms with Gasteiger partial charge in [-0.3, -0.25) is 0 Å². The highest BCUT2D eigenvalue weighted by Gasteiger charge is 2.31. The normalized spacial score (nSPS) is 35.6. The second-order valence-corrected chi connectivity index (χ2v) is 5.36. The minimum Gasteiger partial charge on any atom is -0.380 e. The van der Waals surface area contributed by atoms with Crippen LogP contribution in [-0.2, 0) is 9.47 Å². The fourth-order valence-corrected chi connectivity index (χ4v) is 2.42. The van der Waals surface area contributed by atoms with Crippen LogP contribution in [0.5, 0.6) is 0 Å². The van der Waals surface area contributed by atoms with Crippen molar-refractivity contribution in [1.82, 2.24) is 5.32 Å². The van der Waals surface area contributed by atoms with E-state index in [0.29, 0.717) is 12.1 Å². The first-order chi connectivity index (χ1) is 7.16. The van der Waals surface area contributed by atoms with Crippen LogP contribution in [0.2, 0.25) is 0 Å². The average Bonchev–Trinajstić information content (AvgIpc) is 2.57. The Morgan fingerprint density at radius 1 is 1.33 bits per heavy atom. The maximum Gasteiger partial charge on any atom is 0.0707 e. The fourth-order valence-electron chi connectivity index (χ4n) is 2.42. The van der Waals surface area contributed by atoms with Crippen molar-refractivity contribution in [3.63, 3.8) is 0 Å². The van der Waals surface area contributed by atoms with Crippen LogP contribution >= 0.6 is 0 Å². The first kappa shape index (κ1) is 11.4. The summed E-state index contributed by atoms with van der Waals surface area (Å²) in [4.78, 5) is 0. The van der Waals surface area contributed by atoms with Crippen LogP contribution in [0, 0.1) is 0 Å². The Hall–Kier alpha value is -0.120. The molecule has 2 atom stereocenters. The molecule has 0 saturated carbocycles. The van der Waals surface area contributed by atoms with Gasteiger partial charge in [0.05, 0.1) is 18.3 Å². The summed E-state index contributed by atoms with van der Waals surface area (Å²) in [5.74, 6) is 0. The molecular formula is C12H23NO2. The molecular weight excluding hydrogens is 190 g/mol. The molecule has 2 heterocycles. The van der Waals surface area contributed by atoms with Crippen molar-refractivity contribution in [2.75, 3.05) is 19.8 Å². The second-order valence-electron chi connectivity index (χ2n) is 5.36. The van der Waals surface area contributed by atoms with Gasteiger partial charge in [-0.25, -0.2) is 0 Å². The van der Waals surface area contributed by atoms with E-state index in [4.69, 9.17) is 9.47 Å². The molecule has 3 nitrogen and oxygen atoms in total. The largest absolute Gasteiger partial charge is 0.380 e. The van der Waals surface area contributed by atoms with Gasteiger partial charge in [0.2, 0.25) is 0 Å². The first-order valence-corrected chi connectivity index (χ1v) is 6.15. The molecule has 2 rings (SSSR count). The van der Waals surface area contributed by atoms with Gasteiger partial charge in [-0.1, -0.05) is 0 Å². The van der Waals surface area contributed by atoms with Gasteiger partial charge in [0.1, 0.15) is 0 Å².